The molecule has 1 heterocycles. The van der Waals surface area contributed by atoms with Gasteiger partial charge in [-0.25, -0.2) is 9.18 Å². The molecule has 1 atom stereocenters. The number of nitrogens with two attached hydrogens (primary N) is 1. The zero-order valence-corrected chi connectivity index (χ0v) is 17.6. The Balaban J connectivity index is 1.84. The van der Waals surface area contributed by atoms with Gasteiger partial charge in [0.15, 0.2) is 6.17 Å². The predicted molar refractivity (Wildman–Crippen MR) is 113 cm³/mol. The molecule has 0 radical (unpaired) electrons. The number of carbonyl (C=O) groups is 3. The van der Waals surface area contributed by atoms with Crippen LogP contribution in [0.3, 0.4) is 0 Å². The first kappa shape index (κ1) is 21.7. The van der Waals surface area contributed by atoms with E-state index >= 15 is 0 Å². The molecule has 3 rings (SSSR count). The fourth-order valence-corrected chi connectivity index (χ4v) is 3.57. The largest absolute Gasteiger partial charge is 0.351 e. The van der Waals surface area contributed by atoms with Crippen molar-refractivity contribution in [2.75, 3.05) is 31.5 Å². The molecule has 10 heteroatoms. The predicted octanol–water partition coefficient (Wildman–Crippen LogP) is 1.98. The Kier molecular flexibility index (Phi) is 7.01. The van der Waals surface area contributed by atoms with E-state index in [0.717, 1.165) is 4.47 Å². The summed E-state index contributed by atoms with van der Waals surface area (Å²) >= 11 is 3.33. The van der Waals surface area contributed by atoms with Gasteiger partial charge >= 0.3 is 6.03 Å². The van der Waals surface area contributed by atoms with Crippen molar-refractivity contribution in [2.24, 2.45) is 5.73 Å². The molecule has 158 valence electrons. The van der Waals surface area contributed by atoms with Crippen molar-refractivity contribution in [3.05, 3.63) is 64.4 Å². The molecule has 0 aromatic heterocycles. The SMILES string of the molecule is NCCNC(=O)C1N(C(=O)Nc2cccc(F)c2)CCN1C(=O)c1cccc(Br)c1. The summed E-state index contributed by atoms with van der Waals surface area (Å²) in [5.74, 6) is -1.40. The van der Waals surface area contributed by atoms with Gasteiger partial charge in [-0.05, 0) is 36.4 Å². The van der Waals surface area contributed by atoms with E-state index in [1.807, 2.05) is 0 Å². The molecule has 4 amide bonds. The van der Waals surface area contributed by atoms with E-state index in [4.69, 9.17) is 5.73 Å². The number of nitrogens with zero attached hydrogens (tertiary/aromatic N) is 2. The van der Waals surface area contributed by atoms with E-state index in [2.05, 4.69) is 26.6 Å². The lowest BCUT2D eigenvalue weighted by Crippen LogP contribution is -2.55. The van der Waals surface area contributed by atoms with Crippen molar-refractivity contribution in [3.63, 3.8) is 0 Å². The highest BCUT2D eigenvalue weighted by atomic mass is 79.9. The number of urea groups is 1. The van der Waals surface area contributed by atoms with E-state index in [0.29, 0.717) is 5.56 Å². The molecule has 1 unspecified atom stereocenters. The second-order valence-corrected chi connectivity index (χ2v) is 7.51. The molecule has 1 aliphatic rings. The Labute approximate surface area is 181 Å². The maximum atomic E-state index is 13.4. The molecular formula is C20H21BrFN5O3. The number of anilines is 1. The van der Waals surface area contributed by atoms with Gasteiger partial charge in [0.05, 0.1) is 0 Å². The molecular weight excluding hydrogens is 457 g/mol. The molecule has 1 saturated heterocycles. The molecule has 0 saturated carbocycles. The van der Waals surface area contributed by atoms with Gasteiger partial charge in [-0.3, -0.25) is 14.5 Å². The number of hydrogen-bond acceptors (Lipinski definition) is 4. The summed E-state index contributed by atoms with van der Waals surface area (Å²) in [6.07, 6.45) is -1.16. The number of nitrogens with one attached hydrogen (secondary N) is 2. The van der Waals surface area contributed by atoms with E-state index in [-0.39, 0.29) is 37.8 Å². The minimum Gasteiger partial charge on any atom is -0.351 e. The third kappa shape index (κ3) is 4.95. The summed E-state index contributed by atoms with van der Waals surface area (Å²) in [6.45, 7) is 0.728. The first-order chi connectivity index (χ1) is 14.4. The van der Waals surface area contributed by atoms with Crippen molar-refractivity contribution < 1.29 is 18.8 Å². The third-order valence-electron chi connectivity index (χ3n) is 4.52. The van der Waals surface area contributed by atoms with Crippen LogP contribution in [0.2, 0.25) is 0 Å². The summed E-state index contributed by atoms with van der Waals surface area (Å²) in [4.78, 5) is 41.2. The third-order valence-corrected chi connectivity index (χ3v) is 5.01. The van der Waals surface area contributed by atoms with Crippen molar-refractivity contribution in [1.29, 1.82) is 0 Å². The summed E-state index contributed by atoms with van der Waals surface area (Å²) in [5.41, 5.74) is 6.09. The van der Waals surface area contributed by atoms with E-state index < -0.39 is 23.9 Å². The molecule has 0 bridgehead atoms. The molecule has 0 spiro atoms. The average Bonchev–Trinajstić information content (AvgIpc) is 3.17. The lowest BCUT2D eigenvalue weighted by atomic mass is 10.2. The summed E-state index contributed by atoms with van der Waals surface area (Å²) in [5, 5.41) is 5.20. The Bertz CT molecular complexity index is 958. The number of amides is 4. The molecule has 0 aliphatic carbocycles. The summed E-state index contributed by atoms with van der Waals surface area (Å²) in [7, 11) is 0. The van der Waals surface area contributed by atoms with Crippen LogP contribution in [0.4, 0.5) is 14.9 Å². The van der Waals surface area contributed by atoms with Crippen LogP contribution in [0.1, 0.15) is 10.4 Å². The topological polar surface area (TPSA) is 108 Å². The maximum absolute atomic E-state index is 13.4. The highest BCUT2D eigenvalue weighted by Crippen LogP contribution is 2.22. The van der Waals surface area contributed by atoms with Crippen LogP contribution >= 0.6 is 15.9 Å². The zero-order chi connectivity index (χ0) is 21.7. The van der Waals surface area contributed by atoms with Crippen LogP contribution in [0.5, 0.6) is 0 Å². The summed E-state index contributed by atoms with van der Waals surface area (Å²) < 4.78 is 14.1. The number of halogens is 2. The van der Waals surface area contributed by atoms with Crippen LogP contribution in [-0.4, -0.2) is 60.0 Å². The van der Waals surface area contributed by atoms with Gasteiger partial charge in [-0.1, -0.05) is 28.1 Å². The van der Waals surface area contributed by atoms with Gasteiger partial charge in [0.25, 0.3) is 11.8 Å². The first-order valence-corrected chi connectivity index (χ1v) is 10.1. The molecule has 2 aromatic carbocycles. The quantitative estimate of drug-likeness (QED) is 0.611. The minimum atomic E-state index is -1.16. The van der Waals surface area contributed by atoms with E-state index in [1.54, 1.807) is 24.3 Å². The second-order valence-electron chi connectivity index (χ2n) is 6.60. The highest BCUT2D eigenvalue weighted by Gasteiger charge is 2.42. The zero-order valence-electron chi connectivity index (χ0n) is 16.0. The van der Waals surface area contributed by atoms with Gasteiger partial charge in [-0.15, -0.1) is 0 Å². The summed E-state index contributed by atoms with van der Waals surface area (Å²) in [6, 6.07) is 11.6. The van der Waals surface area contributed by atoms with Gasteiger partial charge < -0.3 is 21.3 Å². The fourth-order valence-electron chi connectivity index (χ4n) is 3.17. The van der Waals surface area contributed by atoms with Crippen molar-refractivity contribution in [3.8, 4) is 0 Å². The Hall–Kier alpha value is -2.98. The average molecular weight is 478 g/mol. The standard InChI is InChI=1S/C20H21BrFN5O3/c21-14-4-1-3-13(11-14)19(29)26-9-10-27(18(26)17(28)24-8-7-23)20(30)25-16-6-2-5-15(22)12-16/h1-6,11-12,18H,7-10,23H2,(H,24,28)(H,25,30). The number of carbonyl (C=O) groups excluding carboxylic acids is 3. The van der Waals surface area contributed by atoms with Gasteiger partial charge in [0.1, 0.15) is 5.82 Å². The molecule has 1 fully saturated rings. The van der Waals surface area contributed by atoms with E-state index in [9.17, 15) is 18.8 Å². The van der Waals surface area contributed by atoms with Crippen molar-refractivity contribution in [1.82, 2.24) is 15.1 Å². The van der Waals surface area contributed by atoms with Crippen LogP contribution in [0, 0.1) is 5.82 Å². The normalized spacial score (nSPS) is 15.8. The minimum absolute atomic E-state index is 0.140. The molecule has 30 heavy (non-hydrogen) atoms. The number of benzene rings is 2. The molecule has 4 N–H and O–H groups in total. The monoisotopic (exact) mass is 477 g/mol. The highest BCUT2D eigenvalue weighted by molar-refractivity contribution is 9.10. The maximum Gasteiger partial charge on any atom is 0.323 e. The van der Waals surface area contributed by atoms with Crippen LogP contribution in [-0.2, 0) is 4.79 Å². The van der Waals surface area contributed by atoms with Crippen molar-refractivity contribution >= 4 is 39.5 Å². The van der Waals surface area contributed by atoms with Gasteiger partial charge in [0.2, 0.25) is 0 Å². The van der Waals surface area contributed by atoms with Gasteiger partial charge in [0, 0.05) is 41.9 Å². The molecule has 8 nitrogen and oxygen atoms in total. The van der Waals surface area contributed by atoms with Crippen LogP contribution in [0.25, 0.3) is 0 Å². The second kappa shape index (κ2) is 9.68. The Morgan fingerprint density at radius 1 is 1.10 bits per heavy atom. The fraction of sp³-hybridized carbons (Fsp3) is 0.250. The van der Waals surface area contributed by atoms with Crippen LogP contribution < -0.4 is 16.4 Å². The molecule has 2 aromatic rings. The van der Waals surface area contributed by atoms with Crippen molar-refractivity contribution in [2.45, 2.75) is 6.17 Å². The molecule has 1 aliphatic heterocycles. The smallest absolute Gasteiger partial charge is 0.323 e. The van der Waals surface area contributed by atoms with E-state index in [1.165, 1.54) is 34.1 Å². The Morgan fingerprint density at radius 3 is 2.53 bits per heavy atom. The first-order valence-electron chi connectivity index (χ1n) is 9.28. The Morgan fingerprint density at radius 2 is 1.83 bits per heavy atom. The lowest BCUT2D eigenvalue weighted by molar-refractivity contribution is -0.127. The lowest BCUT2D eigenvalue weighted by Gasteiger charge is -2.29. The van der Waals surface area contributed by atoms with Gasteiger partial charge in [-0.2, -0.15) is 0 Å². The number of hydrogen-bond donors (Lipinski definition) is 3. The number of rotatable bonds is 5. The van der Waals surface area contributed by atoms with Crippen LogP contribution in [0.15, 0.2) is 53.0 Å².